The van der Waals surface area contributed by atoms with E-state index in [1.165, 1.54) is 18.3 Å². The average Bonchev–Trinajstić information content (AvgIpc) is 3.16. The Morgan fingerprint density at radius 3 is 2.58 bits per heavy atom. The fraction of sp³-hybridized carbons (Fsp3) is 0.150. The number of aromatic carboxylic acids is 1. The molecular weight excluding hydrogens is 332 g/mol. The number of furan rings is 1. The third kappa shape index (κ3) is 3.35. The molecule has 0 atom stereocenters. The maximum Gasteiger partial charge on any atom is 0.335 e. The van der Waals surface area contributed by atoms with E-state index in [2.05, 4.69) is 4.98 Å². The molecule has 132 valence electrons. The first-order valence-corrected chi connectivity index (χ1v) is 8.00. The van der Waals surface area contributed by atoms with E-state index in [0.29, 0.717) is 11.4 Å². The van der Waals surface area contributed by atoms with E-state index < -0.39 is 5.97 Å². The molecule has 0 fully saturated rings. The first kappa shape index (κ1) is 17.4. The first-order valence-electron chi connectivity index (χ1n) is 8.00. The molecule has 2 heterocycles. The highest BCUT2D eigenvalue weighted by atomic mass is 16.5. The molecule has 1 aromatic carbocycles. The number of benzene rings is 1. The van der Waals surface area contributed by atoms with Gasteiger partial charge in [0, 0.05) is 23.0 Å². The van der Waals surface area contributed by atoms with Crippen LogP contribution >= 0.6 is 0 Å². The lowest BCUT2D eigenvalue weighted by Gasteiger charge is -2.15. The topological polar surface area (TPSA) is 96.4 Å². The zero-order valence-corrected chi connectivity index (χ0v) is 14.4. The number of carboxylic acids is 1. The quantitative estimate of drug-likeness (QED) is 0.648. The van der Waals surface area contributed by atoms with E-state index in [1.54, 1.807) is 24.7 Å². The molecule has 0 bridgehead atoms. The molecule has 0 amide bonds. The number of nitrogens with one attached hydrogen (secondary N) is 1. The number of aromatic nitrogens is 1. The lowest BCUT2D eigenvalue weighted by Crippen LogP contribution is -2.06. The molecule has 0 aliphatic rings. The number of aryl methyl sites for hydroxylation is 1. The molecule has 6 nitrogen and oxygen atoms in total. The van der Waals surface area contributed by atoms with E-state index >= 15 is 0 Å². The summed E-state index contributed by atoms with van der Waals surface area (Å²) in [5.74, 6) is -0.606. The minimum absolute atomic E-state index is 0.223. The van der Waals surface area contributed by atoms with Crippen molar-refractivity contribution >= 4 is 12.2 Å². The number of hydrogen-bond donors (Lipinski definition) is 2. The molecule has 2 N–H and O–H groups in total. The van der Waals surface area contributed by atoms with Crippen LogP contribution in [0, 0.1) is 19.3 Å². The van der Waals surface area contributed by atoms with Gasteiger partial charge in [-0.3, -0.25) is 0 Å². The maximum atomic E-state index is 10.9. The predicted molar refractivity (Wildman–Crippen MR) is 97.0 cm³/mol. The predicted octanol–water partition coefficient (Wildman–Crippen LogP) is 4.23. The average molecular weight is 350 g/mol. The Balaban J connectivity index is 1.92. The van der Waals surface area contributed by atoms with Crippen LogP contribution in [0.1, 0.15) is 32.7 Å². The molecule has 0 radical (unpaired) electrons. The van der Waals surface area contributed by atoms with Gasteiger partial charge >= 0.3 is 5.97 Å². The van der Waals surface area contributed by atoms with E-state index in [4.69, 9.17) is 19.7 Å². The number of hydrogen-bond acceptors (Lipinski definition) is 5. The summed E-state index contributed by atoms with van der Waals surface area (Å²) in [5, 5.41) is 16.8. The monoisotopic (exact) mass is 350 g/mol. The number of rotatable bonds is 6. The number of carboxylic acid groups (broad SMARTS) is 1. The van der Waals surface area contributed by atoms with Gasteiger partial charge < -0.3 is 19.7 Å². The van der Waals surface area contributed by atoms with Crippen LogP contribution in [0.15, 0.2) is 47.3 Å². The van der Waals surface area contributed by atoms with Crippen molar-refractivity contribution in [1.29, 1.82) is 5.41 Å². The number of ether oxygens (including phenoxy) is 1. The van der Waals surface area contributed by atoms with Gasteiger partial charge in [0.05, 0.1) is 23.7 Å². The molecule has 3 rings (SSSR count). The molecule has 0 unspecified atom stereocenters. The fourth-order valence-electron chi connectivity index (χ4n) is 2.70. The van der Waals surface area contributed by atoms with Crippen LogP contribution in [-0.4, -0.2) is 22.3 Å². The van der Waals surface area contributed by atoms with E-state index in [0.717, 1.165) is 27.9 Å². The van der Waals surface area contributed by atoms with Crippen molar-refractivity contribution in [2.24, 2.45) is 0 Å². The Kier molecular flexibility index (Phi) is 4.84. The molecule has 0 aliphatic carbocycles. The molecule has 0 aliphatic heterocycles. The van der Waals surface area contributed by atoms with Crippen molar-refractivity contribution in [1.82, 2.24) is 4.98 Å². The van der Waals surface area contributed by atoms with E-state index in [9.17, 15) is 4.79 Å². The number of carbonyl (C=O) groups is 1. The second-order valence-corrected chi connectivity index (χ2v) is 5.86. The highest BCUT2D eigenvalue weighted by Gasteiger charge is 2.17. The van der Waals surface area contributed by atoms with Crippen molar-refractivity contribution in [2.45, 2.75) is 20.5 Å². The number of nitrogens with zero attached hydrogens (tertiary/aromatic N) is 1. The molecular formula is C20H18N2O4. The van der Waals surface area contributed by atoms with Gasteiger partial charge in [-0.1, -0.05) is 12.1 Å². The fourth-order valence-corrected chi connectivity index (χ4v) is 2.70. The molecule has 0 saturated heterocycles. The zero-order chi connectivity index (χ0) is 18.7. The zero-order valence-electron chi connectivity index (χ0n) is 14.4. The summed E-state index contributed by atoms with van der Waals surface area (Å²) in [5.41, 5.74) is 5.11. The van der Waals surface area contributed by atoms with Crippen LogP contribution in [0.2, 0.25) is 0 Å². The third-order valence-electron chi connectivity index (χ3n) is 4.22. The number of pyridine rings is 1. The standard InChI is InChI=1S/C20H18N2O4/c1-12-13(2)22-19(17(9-21)18(12)16-7-8-25-11-16)26-10-14-3-5-15(6-4-14)20(23)24/h3-9,11,21H,10H2,1-2H3,(H,23,24). The normalized spacial score (nSPS) is 10.5. The van der Waals surface area contributed by atoms with E-state index in [1.807, 2.05) is 19.9 Å². The van der Waals surface area contributed by atoms with Crippen LogP contribution in [0.3, 0.4) is 0 Å². The van der Waals surface area contributed by atoms with E-state index in [-0.39, 0.29) is 12.2 Å². The lowest BCUT2D eigenvalue weighted by molar-refractivity contribution is 0.0697. The Labute approximate surface area is 150 Å². The Morgan fingerprint density at radius 2 is 2.00 bits per heavy atom. The molecule has 0 saturated carbocycles. The van der Waals surface area contributed by atoms with Gasteiger partial charge in [0.25, 0.3) is 0 Å². The van der Waals surface area contributed by atoms with Gasteiger partial charge in [0.1, 0.15) is 6.61 Å². The maximum absolute atomic E-state index is 10.9. The summed E-state index contributed by atoms with van der Waals surface area (Å²) >= 11 is 0. The van der Waals surface area contributed by atoms with Gasteiger partial charge in [-0.2, -0.15) is 0 Å². The highest BCUT2D eigenvalue weighted by molar-refractivity contribution is 5.92. The van der Waals surface area contributed by atoms with Crippen LogP contribution in [0.5, 0.6) is 5.88 Å². The Bertz CT molecular complexity index is 945. The highest BCUT2D eigenvalue weighted by Crippen LogP contribution is 2.33. The Morgan fingerprint density at radius 1 is 1.27 bits per heavy atom. The van der Waals surface area contributed by atoms with Gasteiger partial charge in [0.2, 0.25) is 5.88 Å². The minimum atomic E-state index is -0.968. The molecule has 0 spiro atoms. The summed E-state index contributed by atoms with van der Waals surface area (Å²) in [7, 11) is 0. The van der Waals surface area contributed by atoms with Crippen LogP contribution in [-0.2, 0) is 6.61 Å². The summed E-state index contributed by atoms with van der Waals surface area (Å²) in [6.07, 6.45) is 4.44. The van der Waals surface area contributed by atoms with Gasteiger partial charge in [-0.15, -0.1) is 0 Å². The molecule has 6 heteroatoms. The third-order valence-corrected chi connectivity index (χ3v) is 4.22. The summed E-state index contributed by atoms with van der Waals surface area (Å²) in [6, 6.07) is 8.30. The summed E-state index contributed by atoms with van der Waals surface area (Å²) in [4.78, 5) is 15.4. The SMILES string of the molecule is Cc1nc(OCc2ccc(C(=O)O)cc2)c(C=N)c(-c2ccoc2)c1C. The minimum Gasteiger partial charge on any atom is -0.478 e. The lowest BCUT2D eigenvalue weighted by atomic mass is 9.97. The summed E-state index contributed by atoms with van der Waals surface area (Å²) in [6.45, 7) is 4.06. The Hall–Kier alpha value is -3.41. The van der Waals surface area contributed by atoms with Crippen molar-refractivity contribution in [3.05, 3.63) is 70.8 Å². The second kappa shape index (κ2) is 7.23. The molecule has 2 aromatic heterocycles. The van der Waals surface area contributed by atoms with Gasteiger partial charge in [-0.25, -0.2) is 9.78 Å². The van der Waals surface area contributed by atoms with Crippen molar-refractivity contribution < 1.29 is 19.1 Å². The smallest absolute Gasteiger partial charge is 0.335 e. The van der Waals surface area contributed by atoms with Crippen molar-refractivity contribution in [3.63, 3.8) is 0 Å². The van der Waals surface area contributed by atoms with Crippen molar-refractivity contribution in [2.75, 3.05) is 0 Å². The molecule has 3 aromatic rings. The van der Waals surface area contributed by atoms with Crippen molar-refractivity contribution in [3.8, 4) is 17.0 Å². The first-order chi connectivity index (χ1) is 12.5. The molecule has 26 heavy (non-hydrogen) atoms. The van der Waals surface area contributed by atoms with Crippen LogP contribution in [0.4, 0.5) is 0 Å². The second-order valence-electron chi connectivity index (χ2n) is 5.86. The largest absolute Gasteiger partial charge is 0.478 e. The summed E-state index contributed by atoms with van der Waals surface area (Å²) < 4.78 is 11.0. The van der Waals surface area contributed by atoms with Crippen LogP contribution in [0.25, 0.3) is 11.1 Å². The van der Waals surface area contributed by atoms with Gasteiger partial charge in [0.15, 0.2) is 0 Å². The van der Waals surface area contributed by atoms with Crippen LogP contribution < -0.4 is 4.74 Å². The van der Waals surface area contributed by atoms with Gasteiger partial charge in [-0.05, 0) is 43.2 Å².